The molecule has 102 valence electrons. The summed E-state index contributed by atoms with van der Waals surface area (Å²) >= 11 is 0. The van der Waals surface area contributed by atoms with Gasteiger partial charge in [-0.05, 0) is 12.1 Å². The van der Waals surface area contributed by atoms with Gasteiger partial charge >= 0.3 is 12.3 Å². The first kappa shape index (κ1) is 14.7. The number of nitro benzene ring substituents is 1. The molecular weight excluding hydrogens is 270 g/mol. The van der Waals surface area contributed by atoms with Gasteiger partial charge in [0.2, 0.25) is 0 Å². The Kier molecular flexibility index (Phi) is 4.26. The van der Waals surface area contributed by atoms with E-state index in [0.29, 0.717) is 0 Å². The summed E-state index contributed by atoms with van der Waals surface area (Å²) in [6.45, 7) is -1.37. The van der Waals surface area contributed by atoms with Crippen LogP contribution in [0.5, 0.6) is 0 Å². The minimum atomic E-state index is -4.25. The number of anilines is 1. The molecule has 0 atom stereocenters. The number of hydrogen-bond acceptors (Lipinski definition) is 4. The molecular formula is C10H7F4N3O2. The second-order valence-corrected chi connectivity index (χ2v) is 3.52. The van der Waals surface area contributed by atoms with Crippen molar-refractivity contribution in [1.82, 2.24) is 0 Å². The normalized spacial score (nSPS) is 11.2. The monoisotopic (exact) mass is 277 g/mol. The van der Waals surface area contributed by atoms with Gasteiger partial charge in [0, 0.05) is 11.8 Å². The highest BCUT2D eigenvalue weighted by Crippen LogP contribution is 2.26. The van der Waals surface area contributed by atoms with Crippen LogP contribution in [0, 0.1) is 21.4 Å². The molecule has 1 aromatic carbocycles. The fraction of sp³-hybridized carbons (Fsp3) is 0.300. The molecule has 5 nitrogen and oxygen atoms in total. The quantitative estimate of drug-likeness (QED) is 0.510. The first-order valence-corrected chi connectivity index (χ1v) is 4.86. The Labute approximate surface area is 104 Å². The van der Waals surface area contributed by atoms with Crippen LogP contribution >= 0.6 is 0 Å². The molecule has 0 radical (unpaired) electrons. The molecule has 0 fully saturated rings. The Bertz CT molecular complexity index is 528. The summed E-state index contributed by atoms with van der Waals surface area (Å²) in [5.41, 5.74) is -0.991. The van der Waals surface area contributed by atoms with Crippen LogP contribution in [0.25, 0.3) is 0 Å². The summed E-state index contributed by atoms with van der Waals surface area (Å²) in [6.07, 6.45) is -3.84. The maximum atomic E-state index is 12.6. The van der Waals surface area contributed by atoms with Gasteiger partial charge in [-0.1, -0.05) is 0 Å². The van der Waals surface area contributed by atoms with E-state index in [1.54, 1.807) is 6.07 Å². The van der Waals surface area contributed by atoms with E-state index < -0.39 is 29.5 Å². The lowest BCUT2D eigenvalue weighted by molar-refractivity contribution is -0.385. The van der Waals surface area contributed by atoms with Gasteiger partial charge in [0.15, 0.2) is 0 Å². The standard InChI is InChI=1S/C10H7F4N3O2/c11-9(12)10(13,14)5-16-7-2-1-6(4-15)8(3-7)17(18)19/h1-3,9,16H,5H2. The van der Waals surface area contributed by atoms with Crippen molar-refractivity contribution in [3.05, 3.63) is 33.9 Å². The Morgan fingerprint density at radius 3 is 2.58 bits per heavy atom. The molecule has 1 aromatic rings. The third-order valence-electron chi connectivity index (χ3n) is 2.16. The predicted octanol–water partition coefficient (Wildman–Crippen LogP) is 2.78. The molecule has 0 saturated heterocycles. The summed E-state index contributed by atoms with van der Waals surface area (Å²) in [7, 11) is 0. The minimum Gasteiger partial charge on any atom is -0.379 e. The second-order valence-electron chi connectivity index (χ2n) is 3.52. The number of nitro groups is 1. The first-order valence-electron chi connectivity index (χ1n) is 4.86. The lowest BCUT2D eigenvalue weighted by Gasteiger charge is -2.16. The summed E-state index contributed by atoms with van der Waals surface area (Å²) in [4.78, 5) is 9.73. The second kappa shape index (κ2) is 5.51. The maximum absolute atomic E-state index is 12.6. The van der Waals surface area contributed by atoms with Crippen LogP contribution in [0.4, 0.5) is 28.9 Å². The van der Waals surface area contributed by atoms with Gasteiger partial charge < -0.3 is 5.32 Å². The number of nitriles is 1. The molecule has 19 heavy (non-hydrogen) atoms. The largest absolute Gasteiger partial charge is 0.379 e. The molecule has 0 spiro atoms. The molecule has 0 aliphatic rings. The number of benzene rings is 1. The Balaban J connectivity index is 2.90. The van der Waals surface area contributed by atoms with E-state index in [0.717, 1.165) is 18.2 Å². The van der Waals surface area contributed by atoms with E-state index in [1.165, 1.54) is 0 Å². The maximum Gasteiger partial charge on any atom is 0.324 e. The smallest absolute Gasteiger partial charge is 0.324 e. The summed E-state index contributed by atoms with van der Waals surface area (Å²) < 4.78 is 49.1. The number of rotatable bonds is 5. The fourth-order valence-electron chi connectivity index (χ4n) is 1.18. The van der Waals surface area contributed by atoms with Crippen LogP contribution in [0.15, 0.2) is 18.2 Å². The third kappa shape index (κ3) is 3.54. The van der Waals surface area contributed by atoms with Crippen LogP contribution in [0.2, 0.25) is 0 Å². The van der Waals surface area contributed by atoms with Gasteiger partial charge in [-0.2, -0.15) is 14.0 Å². The molecule has 0 heterocycles. The molecule has 1 N–H and O–H groups in total. The zero-order valence-corrected chi connectivity index (χ0v) is 9.24. The van der Waals surface area contributed by atoms with E-state index in [1.807, 2.05) is 5.32 Å². The van der Waals surface area contributed by atoms with Crippen molar-refractivity contribution in [3.8, 4) is 6.07 Å². The molecule has 0 aromatic heterocycles. The Hall–Kier alpha value is -2.37. The van der Waals surface area contributed by atoms with Crippen molar-refractivity contribution >= 4 is 11.4 Å². The van der Waals surface area contributed by atoms with Crippen LogP contribution in [0.1, 0.15) is 5.56 Å². The lowest BCUT2D eigenvalue weighted by atomic mass is 10.1. The topological polar surface area (TPSA) is 79.0 Å². The molecule has 0 amide bonds. The van der Waals surface area contributed by atoms with E-state index in [4.69, 9.17) is 5.26 Å². The highest BCUT2D eigenvalue weighted by molar-refractivity contribution is 5.59. The van der Waals surface area contributed by atoms with Gasteiger partial charge in [0.05, 0.1) is 11.5 Å². The zero-order valence-electron chi connectivity index (χ0n) is 9.24. The molecule has 0 bridgehead atoms. The highest BCUT2D eigenvalue weighted by Gasteiger charge is 2.40. The van der Waals surface area contributed by atoms with Crippen molar-refractivity contribution in [1.29, 1.82) is 5.26 Å². The van der Waals surface area contributed by atoms with Crippen molar-refractivity contribution < 1.29 is 22.5 Å². The average molecular weight is 277 g/mol. The van der Waals surface area contributed by atoms with Crippen molar-refractivity contribution in [2.24, 2.45) is 0 Å². The van der Waals surface area contributed by atoms with Crippen molar-refractivity contribution in [3.63, 3.8) is 0 Å². The van der Waals surface area contributed by atoms with E-state index in [2.05, 4.69) is 0 Å². The number of nitrogens with one attached hydrogen (secondary N) is 1. The fourth-order valence-corrected chi connectivity index (χ4v) is 1.18. The van der Waals surface area contributed by atoms with E-state index in [-0.39, 0.29) is 11.3 Å². The molecule has 9 heteroatoms. The van der Waals surface area contributed by atoms with Crippen LogP contribution in [0.3, 0.4) is 0 Å². The van der Waals surface area contributed by atoms with Crippen molar-refractivity contribution in [2.75, 3.05) is 11.9 Å². The predicted molar refractivity (Wildman–Crippen MR) is 57.3 cm³/mol. The number of hydrogen-bond donors (Lipinski definition) is 1. The van der Waals surface area contributed by atoms with E-state index in [9.17, 15) is 27.7 Å². The van der Waals surface area contributed by atoms with Gasteiger partial charge in [-0.25, -0.2) is 8.78 Å². The van der Waals surface area contributed by atoms with Crippen molar-refractivity contribution in [2.45, 2.75) is 12.3 Å². The summed E-state index contributed by atoms with van der Waals surface area (Å²) in [5, 5.41) is 21.2. The number of alkyl halides is 4. The van der Waals surface area contributed by atoms with E-state index >= 15 is 0 Å². The summed E-state index contributed by atoms with van der Waals surface area (Å²) in [5.74, 6) is -4.25. The van der Waals surface area contributed by atoms with Gasteiger partial charge in [-0.15, -0.1) is 0 Å². The molecule has 0 aliphatic heterocycles. The molecule has 0 unspecified atom stereocenters. The zero-order chi connectivity index (χ0) is 14.6. The number of halogens is 4. The Morgan fingerprint density at radius 2 is 2.11 bits per heavy atom. The SMILES string of the molecule is N#Cc1ccc(NCC(F)(F)C(F)F)cc1[N+](=O)[O-]. The molecule has 0 saturated carbocycles. The molecule has 1 rings (SSSR count). The van der Waals surface area contributed by atoms with Gasteiger partial charge in [0.25, 0.3) is 5.69 Å². The summed E-state index contributed by atoms with van der Waals surface area (Å²) in [6, 6.07) is 4.55. The van der Waals surface area contributed by atoms with Crippen LogP contribution in [-0.2, 0) is 0 Å². The first-order chi connectivity index (χ1) is 8.77. The van der Waals surface area contributed by atoms with Crippen LogP contribution in [-0.4, -0.2) is 23.8 Å². The lowest BCUT2D eigenvalue weighted by Crippen LogP contribution is -2.34. The van der Waals surface area contributed by atoms with Crippen LogP contribution < -0.4 is 5.32 Å². The van der Waals surface area contributed by atoms with Gasteiger partial charge in [-0.3, -0.25) is 10.1 Å². The third-order valence-corrected chi connectivity index (χ3v) is 2.16. The van der Waals surface area contributed by atoms with Gasteiger partial charge in [0.1, 0.15) is 11.6 Å². The number of nitrogens with zero attached hydrogens (tertiary/aromatic N) is 2. The molecule has 0 aliphatic carbocycles. The minimum absolute atomic E-state index is 0.147. The Morgan fingerprint density at radius 1 is 1.47 bits per heavy atom. The average Bonchev–Trinajstić information content (AvgIpc) is 2.35. The highest BCUT2D eigenvalue weighted by atomic mass is 19.3.